The summed E-state index contributed by atoms with van der Waals surface area (Å²) < 4.78 is 26.3. The molecule has 7 heteroatoms. The molecule has 0 radical (unpaired) electrons. The van der Waals surface area contributed by atoms with Crippen molar-refractivity contribution < 1.29 is 13.6 Å². The second-order valence-electron chi connectivity index (χ2n) is 4.67. The molecule has 4 nitrogen and oxygen atoms in total. The number of nitrogens with two attached hydrogens (primary N) is 1. The lowest BCUT2D eigenvalue weighted by atomic mass is 10.1. The zero-order valence-corrected chi connectivity index (χ0v) is 11.2. The summed E-state index contributed by atoms with van der Waals surface area (Å²) in [5.41, 5.74) is 6.14. The third-order valence-electron chi connectivity index (χ3n) is 3.19. The number of aromatic nitrogens is 1. The second kappa shape index (κ2) is 4.92. The molecule has 1 aliphatic heterocycles. The van der Waals surface area contributed by atoms with Gasteiger partial charge in [-0.05, 0) is 18.6 Å². The van der Waals surface area contributed by atoms with Crippen LogP contribution in [-0.4, -0.2) is 29.9 Å². The number of halogens is 3. The van der Waals surface area contributed by atoms with Crippen molar-refractivity contribution in [3.63, 3.8) is 0 Å². The SMILES string of the molecule is Cc1cc(C(N)=O)c(N2CCC(F)(F)CC2)nc1Cl. The van der Waals surface area contributed by atoms with Crippen molar-refractivity contribution in [2.45, 2.75) is 25.7 Å². The van der Waals surface area contributed by atoms with E-state index < -0.39 is 11.8 Å². The highest BCUT2D eigenvalue weighted by atomic mass is 35.5. The van der Waals surface area contributed by atoms with Crippen molar-refractivity contribution in [3.05, 3.63) is 22.3 Å². The van der Waals surface area contributed by atoms with Crippen molar-refractivity contribution in [2.75, 3.05) is 18.0 Å². The van der Waals surface area contributed by atoms with Crippen LogP contribution in [0.4, 0.5) is 14.6 Å². The Hall–Kier alpha value is -1.43. The molecule has 1 saturated heterocycles. The predicted molar refractivity (Wildman–Crippen MR) is 68.9 cm³/mol. The number of anilines is 1. The maximum absolute atomic E-state index is 13.1. The largest absolute Gasteiger partial charge is 0.365 e. The van der Waals surface area contributed by atoms with Gasteiger partial charge in [0.05, 0.1) is 5.56 Å². The standard InChI is InChI=1S/C12H14ClF2N3O/c1-7-6-8(10(16)19)11(17-9(7)13)18-4-2-12(14,15)3-5-18/h6H,2-5H2,1H3,(H2,16,19). The minimum absolute atomic E-state index is 0.125. The number of aryl methyl sites for hydroxylation is 1. The fourth-order valence-electron chi connectivity index (χ4n) is 2.05. The van der Waals surface area contributed by atoms with Gasteiger partial charge in [0.25, 0.3) is 11.8 Å². The van der Waals surface area contributed by atoms with E-state index in [1.165, 1.54) is 0 Å². The first-order valence-electron chi connectivity index (χ1n) is 5.90. The Kier molecular flexibility index (Phi) is 3.62. The number of piperidine rings is 1. The summed E-state index contributed by atoms with van der Waals surface area (Å²) in [6.07, 6.45) is -0.531. The van der Waals surface area contributed by atoms with E-state index in [1.807, 2.05) is 0 Å². The van der Waals surface area contributed by atoms with Crippen LogP contribution in [0.3, 0.4) is 0 Å². The Labute approximate surface area is 114 Å². The molecular formula is C12H14ClF2N3O. The summed E-state index contributed by atoms with van der Waals surface area (Å²) in [6, 6.07) is 1.54. The van der Waals surface area contributed by atoms with Gasteiger partial charge in [-0.2, -0.15) is 0 Å². The van der Waals surface area contributed by atoms with Crippen molar-refractivity contribution in [2.24, 2.45) is 5.73 Å². The smallest absolute Gasteiger partial charge is 0.252 e. The summed E-state index contributed by atoms with van der Waals surface area (Å²) >= 11 is 5.93. The Balaban J connectivity index is 2.34. The Bertz CT molecular complexity index is 512. The maximum atomic E-state index is 13.1. The van der Waals surface area contributed by atoms with Gasteiger partial charge in [-0.1, -0.05) is 11.6 Å². The monoisotopic (exact) mass is 289 g/mol. The molecule has 1 aromatic heterocycles. The van der Waals surface area contributed by atoms with Crippen LogP contribution in [0.5, 0.6) is 0 Å². The molecule has 0 aliphatic carbocycles. The van der Waals surface area contributed by atoms with E-state index in [1.54, 1.807) is 17.9 Å². The van der Waals surface area contributed by atoms with Crippen molar-refractivity contribution in [1.82, 2.24) is 4.98 Å². The van der Waals surface area contributed by atoms with E-state index in [-0.39, 0.29) is 36.6 Å². The van der Waals surface area contributed by atoms with Gasteiger partial charge >= 0.3 is 0 Å². The molecule has 1 fully saturated rings. The van der Waals surface area contributed by atoms with Crippen LogP contribution in [0, 0.1) is 6.92 Å². The molecule has 0 aromatic carbocycles. The number of pyridine rings is 1. The molecule has 0 unspecified atom stereocenters. The highest BCUT2D eigenvalue weighted by molar-refractivity contribution is 6.30. The summed E-state index contributed by atoms with van der Waals surface area (Å²) in [5.74, 6) is -3.00. The molecule has 2 heterocycles. The Morgan fingerprint density at radius 2 is 2.05 bits per heavy atom. The van der Waals surface area contributed by atoms with E-state index in [0.717, 1.165) is 0 Å². The summed E-state index contributed by atoms with van der Waals surface area (Å²) in [5, 5.41) is 0.248. The molecule has 0 saturated carbocycles. The number of rotatable bonds is 2. The highest BCUT2D eigenvalue weighted by Crippen LogP contribution is 2.32. The topological polar surface area (TPSA) is 59.2 Å². The van der Waals surface area contributed by atoms with Gasteiger partial charge < -0.3 is 10.6 Å². The molecular weight excluding hydrogens is 276 g/mol. The summed E-state index contributed by atoms with van der Waals surface area (Å²) in [7, 11) is 0. The van der Waals surface area contributed by atoms with Gasteiger partial charge in [0.1, 0.15) is 11.0 Å². The number of primary amides is 1. The van der Waals surface area contributed by atoms with Crippen molar-refractivity contribution in [3.8, 4) is 0 Å². The molecule has 2 N–H and O–H groups in total. The molecule has 19 heavy (non-hydrogen) atoms. The average Bonchev–Trinajstić information content (AvgIpc) is 2.32. The number of hydrogen-bond acceptors (Lipinski definition) is 3. The fraction of sp³-hybridized carbons (Fsp3) is 0.500. The summed E-state index contributed by atoms with van der Waals surface area (Å²) in [6.45, 7) is 1.95. The Morgan fingerprint density at radius 1 is 1.47 bits per heavy atom. The summed E-state index contributed by atoms with van der Waals surface area (Å²) in [4.78, 5) is 17.2. The number of hydrogen-bond donors (Lipinski definition) is 1. The van der Waals surface area contributed by atoms with Gasteiger partial charge in [0, 0.05) is 25.9 Å². The number of carbonyl (C=O) groups excluding carboxylic acids is 1. The van der Waals surface area contributed by atoms with E-state index >= 15 is 0 Å². The van der Waals surface area contributed by atoms with E-state index in [2.05, 4.69) is 4.98 Å². The van der Waals surface area contributed by atoms with Crippen LogP contribution in [0.25, 0.3) is 0 Å². The molecule has 1 aromatic rings. The minimum atomic E-state index is -2.65. The second-order valence-corrected chi connectivity index (χ2v) is 5.03. The molecule has 0 atom stereocenters. The van der Waals surface area contributed by atoms with Gasteiger partial charge in [-0.25, -0.2) is 13.8 Å². The van der Waals surface area contributed by atoms with E-state index in [4.69, 9.17) is 17.3 Å². The van der Waals surface area contributed by atoms with Crippen LogP contribution in [0.2, 0.25) is 5.15 Å². The predicted octanol–water partition coefficient (Wildman–Crippen LogP) is 2.38. The number of carbonyl (C=O) groups is 1. The molecule has 0 bridgehead atoms. The zero-order valence-electron chi connectivity index (χ0n) is 10.4. The molecule has 104 valence electrons. The molecule has 0 spiro atoms. The highest BCUT2D eigenvalue weighted by Gasteiger charge is 2.35. The lowest BCUT2D eigenvalue weighted by Crippen LogP contribution is -2.40. The number of alkyl halides is 2. The minimum Gasteiger partial charge on any atom is -0.365 e. The number of nitrogens with zero attached hydrogens (tertiary/aromatic N) is 2. The maximum Gasteiger partial charge on any atom is 0.252 e. The molecule has 2 rings (SSSR count). The van der Waals surface area contributed by atoms with Crippen molar-refractivity contribution >= 4 is 23.3 Å². The van der Waals surface area contributed by atoms with Gasteiger partial charge in [0.2, 0.25) is 0 Å². The number of amides is 1. The lowest BCUT2D eigenvalue weighted by molar-refractivity contribution is -0.0221. The van der Waals surface area contributed by atoms with Crippen LogP contribution in [0.1, 0.15) is 28.8 Å². The van der Waals surface area contributed by atoms with Crippen LogP contribution >= 0.6 is 11.6 Å². The van der Waals surface area contributed by atoms with E-state index in [9.17, 15) is 13.6 Å². The third-order valence-corrected chi connectivity index (χ3v) is 3.57. The van der Waals surface area contributed by atoms with E-state index in [0.29, 0.717) is 11.4 Å². The first-order valence-corrected chi connectivity index (χ1v) is 6.28. The van der Waals surface area contributed by atoms with Crippen LogP contribution in [-0.2, 0) is 0 Å². The quantitative estimate of drug-likeness (QED) is 0.851. The average molecular weight is 290 g/mol. The third kappa shape index (κ3) is 2.94. The van der Waals surface area contributed by atoms with Gasteiger partial charge in [-0.3, -0.25) is 4.79 Å². The molecule has 1 amide bonds. The van der Waals surface area contributed by atoms with Crippen LogP contribution in [0.15, 0.2) is 6.07 Å². The normalized spacial score (nSPS) is 18.4. The first kappa shape index (κ1) is 14.0. The van der Waals surface area contributed by atoms with Crippen LogP contribution < -0.4 is 10.6 Å². The first-order chi connectivity index (χ1) is 8.80. The Morgan fingerprint density at radius 3 is 2.58 bits per heavy atom. The molecule has 1 aliphatic rings. The van der Waals surface area contributed by atoms with Gasteiger partial charge in [-0.15, -0.1) is 0 Å². The lowest BCUT2D eigenvalue weighted by Gasteiger charge is -2.33. The fourth-order valence-corrected chi connectivity index (χ4v) is 2.18. The van der Waals surface area contributed by atoms with Crippen molar-refractivity contribution in [1.29, 1.82) is 0 Å². The van der Waals surface area contributed by atoms with Gasteiger partial charge in [0.15, 0.2) is 0 Å². The zero-order chi connectivity index (χ0) is 14.2.